The largest absolute Gasteiger partial charge is 1.00 e. The van der Waals surface area contributed by atoms with Gasteiger partial charge in [0.25, 0.3) is 0 Å². The second-order valence-corrected chi connectivity index (χ2v) is 10.6. The predicted molar refractivity (Wildman–Crippen MR) is 98.3 cm³/mol. The van der Waals surface area contributed by atoms with Crippen molar-refractivity contribution in [2.24, 2.45) is 0 Å². The van der Waals surface area contributed by atoms with E-state index in [1.807, 2.05) is 0 Å². The molecule has 0 saturated heterocycles. The fourth-order valence-corrected chi connectivity index (χ4v) is 8.18. The standard InChI is InChI=1S/C15H14N.C7H9.2BrH.Zr/c1-11-7-12(2)16(10-11)15-8-13-5-3-4-6-14(13)9-15;1-6-4-3-5-7(6)2;;;/h3-10H,1-2H3;4H,3H2,1-2H3;2*1H;/q;;;;+2/p-2. The molecule has 0 bridgehead atoms. The molecule has 134 valence electrons. The Morgan fingerprint density at radius 3 is 2.38 bits per heavy atom. The first kappa shape index (κ1) is 21.9. The molecule has 26 heavy (non-hydrogen) atoms. The van der Waals surface area contributed by atoms with Crippen LogP contribution in [0.15, 0.2) is 57.0 Å². The molecular formula is C22H23Br2NZr. The van der Waals surface area contributed by atoms with Gasteiger partial charge in [0.2, 0.25) is 0 Å². The Kier molecular flexibility index (Phi) is 7.33. The van der Waals surface area contributed by atoms with Crippen molar-refractivity contribution in [1.29, 1.82) is 0 Å². The zero-order chi connectivity index (χ0) is 16.8. The Hall–Kier alpha value is -0.437. The maximum atomic E-state index is 2.44. The normalized spacial score (nSPS) is 17.8. The van der Waals surface area contributed by atoms with E-state index in [9.17, 15) is 0 Å². The van der Waals surface area contributed by atoms with Crippen molar-refractivity contribution in [3.8, 4) is 0 Å². The van der Waals surface area contributed by atoms with E-state index in [0.717, 1.165) is 0 Å². The van der Waals surface area contributed by atoms with Gasteiger partial charge < -0.3 is 34.0 Å². The number of benzene rings is 1. The Bertz CT molecular complexity index is 918. The number of halogens is 2. The minimum atomic E-state index is -0.721. The molecule has 2 aromatic rings. The molecule has 2 aliphatic rings. The van der Waals surface area contributed by atoms with Gasteiger partial charge in [-0.2, -0.15) is 0 Å². The second-order valence-electron chi connectivity index (χ2n) is 7.00. The summed E-state index contributed by atoms with van der Waals surface area (Å²) in [6.07, 6.45) is 8.34. The van der Waals surface area contributed by atoms with Gasteiger partial charge in [-0.25, -0.2) is 0 Å². The van der Waals surface area contributed by atoms with Crippen LogP contribution in [0.25, 0.3) is 11.8 Å². The number of hydrogen-bond donors (Lipinski definition) is 0. The molecule has 1 atom stereocenters. The van der Waals surface area contributed by atoms with Gasteiger partial charge in [-0.05, 0) is 0 Å². The molecule has 0 N–H and O–H groups in total. The van der Waals surface area contributed by atoms with Crippen LogP contribution in [0.4, 0.5) is 0 Å². The molecule has 4 rings (SSSR count). The summed E-state index contributed by atoms with van der Waals surface area (Å²) >= 11 is -0.721. The molecule has 2 aliphatic carbocycles. The van der Waals surface area contributed by atoms with Gasteiger partial charge >= 0.3 is 157 Å². The quantitative estimate of drug-likeness (QED) is 0.501. The summed E-state index contributed by atoms with van der Waals surface area (Å²) in [6, 6.07) is 11.3. The molecule has 0 aliphatic heterocycles. The van der Waals surface area contributed by atoms with Crippen LogP contribution >= 0.6 is 0 Å². The zero-order valence-electron chi connectivity index (χ0n) is 15.6. The second kappa shape index (κ2) is 8.71. The van der Waals surface area contributed by atoms with E-state index in [4.69, 9.17) is 0 Å². The Labute approximate surface area is 189 Å². The molecule has 0 fully saturated rings. The van der Waals surface area contributed by atoms with Crippen molar-refractivity contribution in [3.63, 3.8) is 0 Å². The van der Waals surface area contributed by atoms with E-state index in [2.05, 4.69) is 80.9 Å². The van der Waals surface area contributed by atoms with Crippen LogP contribution < -0.4 is 34.0 Å². The van der Waals surface area contributed by atoms with Crippen LogP contribution in [0.2, 0.25) is 0 Å². The van der Waals surface area contributed by atoms with Crippen LogP contribution in [0.3, 0.4) is 0 Å². The number of nitrogens with zero attached hydrogens (tertiary/aromatic N) is 1. The minimum absolute atomic E-state index is 0. The van der Waals surface area contributed by atoms with Crippen LogP contribution in [-0.4, -0.2) is 4.57 Å². The third-order valence-electron chi connectivity index (χ3n) is 5.31. The summed E-state index contributed by atoms with van der Waals surface area (Å²) in [6.45, 7) is 9.01. The molecule has 0 amide bonds. The minimum Gasteiger partial charge on any atom is -1.00 e. The topological polar surface area (TPSA) is 4.93 Å². The fourth-order valence-electron chi connectivity index (χ4n) is 3.83. The van der Waals surface area contributed by atoms with E-state index >= 15 is 0 Å². The molecule has 1 nitrogen and oxygen atoms in total. The number of aryl methyl sites for hydroxylation is 2. The van der Waals surface area contributed by atoms with Crippen molar-refractivity contribution in [2.45, 2.75) is 37.7 Å². The number of hydrogen-bond acceptors (Lipinski definition) is 0. The summed E-state index contributed by atoms with van der Waals surface area (Å²) < 4.78 is 4.83. The Morgan fingerprint density at radius 1 is 1.04 bits per heavy atom. The average Bonchev–Trinajstić information content (AvgIpc) is 3.19. The van der Waals surface area contributed by atoms with Crippen molar-refractivity contribution >= 4 is 11.8 Å². The zero-order valence-corrected chi connectivity index (χ0v) is 21.2. The van der Waals surface area contributed by atoms with Crippen LogP contribution in [0.5, 0.6) is 0 Å². The third-order valence-corrected chi connectivity index (χ3v) is 9.79. The van der Waals surface area contributed by atoms with Crippen molar-refractivity contribution in [1.82, 2.24) is 4.57 Å². The molecule has 1 heterocycles. The van der Waals surface area contributed by atoms with Gasteiger partial charge in [0.15, 0.2) is 0 Å². The van der Waals surface area contributed by atoms with Gasteiger partial charge in [-0.3, -0.25) is 0 Å². The molecule has 0 saturated carbocycles. The molecule has 4 heteroatoms. The van der Waals surface area contributed by atoms with Gasteiger partial charge in [0.1, 0.15) is 0 Å². The molecule has 0 radical (unpaired) electrons. The van der Waals surface area contributed by atoms with Crippen molar-refractivity contribution < 1.29 is 57.2 Å². The summed E-state index contributed by atoms with van der Waals surface area (Å²) in [5, 5.41) is 0. The summed E-state index contributed by atoms with van der Waals surface area (Å²) in [7, 11) is 0. The predicted octanol–water partition coefficient (Wildman–Crippen LogP) is -0.128. The molecule has 0 spiro atoms. The maximum Gasteiger partial charge on any atom is -1.00 e. The van der Waals surface area contributed by atoms with Gasteiger partial charge in [0.05, 0.1) is 0 Å². The van der Waals surface area contributed by atoms with E-state index in [0.29, 0.717) is 3.63 Å². The van der Waals surface area contributed by atoms with Crippen molar-refractivity contribution in [3.05, 3.63) is 79.4 Å². The fraction of sp³-hybridized carbons (Fsp3) is 0.273. The first-order valence-corrected chi connectivity index (χ1v) is 11.3. The average molecular weight is 552 g/mol. The smallest absolute Gasteiger partial charge is 1.00 e. The van der Waals surface area contributed by atoms with E-state index in [1.165, 1.54) is 34.5 Å². The monoisotopic (exact) mass is 549 g/mol. The van der Waals surface area contributed by atoms with Gasteiger partial charge in [-0.15, -0.1) is 0 Å². The summed E-state index contributed by atoms with van der Waals surface area (Å²) in [5.41, 5.74) is 10.2. The van der Waals surface area contributed by atoms with Crippen LogP contribution in [0, 0.1) is 13.8 Å². The van der Waals surface area contributed by atoms with Gasteiger partial charge in [0, 0.05) is 0 Å². The van der Waals surface area contributed by atoms with E-state index < -0.39 is 23.2 Å². The number of allylic oxidation sites excluding steroid dienone is 5. The summed E-state index contributed by atoms with van der Waals surface area (Å²) in [5.74, 6) is 0. The van der Waals surface area contributed by atoms with Gasteiger partial charge in [-0.1, -0.05) is 0 Å². The third kappa shape index (κ3) is 3.89. The summed E-state index contributed by atoms with van der Waals surface area (Å²) in [4.78, 5) is 0. The number of aromatic nitrogens is 1. The Morgan fingerprint density at radius 2 is 1.77 bits per heavy atom. The number of rotatable bonds is 3. The van der Waals surface area contributed by atoms with Crippen LogP contribution in [-0.2, 0) is 23.2 Å². The van der Waals surface area contributed by atoms with E-state index in [1.54, 1.807) is 14.4 Å². The maximum absolute atomic E-state index is 2.44. The molecule has 1 unspecified atom stereocenters. The molecule has 1 aromatic carbocycles. The number of fused-ring (bicyclic) bond motifs is 1. The molecular weight excluding hydrogens is 529 g/mol. The first-order chi connectivity index (χ1) is 11.5. The van der Waals surface area contributed by atoms with Crippen LogP contribution in [0.1, 0.15) is 46.3 Å². The first-order valence-electron chi connectivity index (χ1n) is 8.64. The Balaban J connectivity index is 0.00000121. The van der Waals surface area contributed by atoms with E-state index in [-0.39, 0.29) is 34.0 Å². The van der Waals surface area contributed by atoms with Crippen molar-refractivity contribution in [2.75, 3.05) is 0 Å². The SMILES string of the molecule is CC1=CC[C]([Zr+2][CH]2C(n3cc(C)cc3C)=Cc3ccccc32)=C1C.[Br-].[Br-]. The molecule has 1 aromatic heterocycles.